The molecule has 1 aromatic heterocycles. The number of halogens is 1. The van der Waals surface area contributed by atoms with Crippen LogP contribution < -0.4 is 15.8 Å². The number of benzene rings is 2. The third-order valence-electron chi connectivity index (χ3n) is 8.20. The van der Waals surface area contributed by atoms with E-state index in [1.165, 1.54) is 64.2 Å². The smallest absolute Gasteiger partial charge is 0.379 e. The Kier molecular flexibility index (Phi) is 18.9. The molecule has 9 nitrogen and oxygen atoms in total. The molecule has 0 unspecified atom stereocenters. The van der Waals surface area contributed by atoms with E-state index in [9.17, 15) is 14.4 Å². The molecule has 0 saturated carbocycles. The molecule has 1 heterocycles. The number of carboxylic acid groups (broad SMARTS) is 1. The molecular weight excluding hydrogens is 618 g/mol. The second-order valence-electron chi connectivity index (χ2n) is 12.1. The maximum absolute atomic E-state index is 12.6. The number of nitrogens with two attached hydrogens (primary N) is 1. The predicted molar refractivity (Wildman–Crippen MR) is 188 cm³/mol. The summed E-state index contributed by atoms with van der Waals surface area (Å²) in [7, 11) is 0. The van der Waals surface area contributed by atoms with Crippen LogP contribution in [0.25, 0.3) is 10.8 Å². The first kappa shape index (κ1) is 39.3. The Balaban J connectivity index is 0.00000768. The van der Waals surface area contributed by atoms with Gasteiger partial charge in [0.2, 0.25) is 11.7 Å². The van der Waals surface area contributed by atoms with Crippen molar-refractivity contribution in [3.8, 4) is 5.75 Å². The van der Waals surface area contributed by atoms with E-state index in [4.69, 9.17) is 25.4 Å². The van der Waals surface area contributed by atoms with Crippen molar-refractivity contribution < 1.29 is 28.6 Å². The number of amidine groups is 1. The summed E-state index contributed by atoms with van der Waals surface area (Å²) in [6, 6.07) is 13.8. The Labute approximate surface area is 284 Å². The van der Waals surface area contributed by atoms with Crippen molar-refractivity contribution in [1.82, 2.24) is 5.32 Å². The van der Waals surface area contributed by atoms with Crippen molar-refractivity contribution in [1.29, 1.82) is 5.41 Å². The summed E-state index contributed by atoms with van der Waals surface area (Å²) in [5.74, 6) is -0.407. The highest BCUT2D eigenvalue weighted by Gasteiger charge is 2.15. The number of amides is 1. The molecule has 10 heteroatoms. The largest absolute Gasteiger partial charge is 0.481 e. The fourth-order valence-corrected chi connectivity index (χ4v) is 5.51. The lowest BCUT2D eigenvalue weighted by atomic mass is 10.0. The molecule has 3 rings (SSSR count). The molecule has 0 aliphatic rings. The molecule has 47 heavy (non-hydrogen) atoms. The zero-order valence-electron chi connectivity index (χ0n) is 27.5. The molecule has 0 atom stereocenters. The average molecular weight is 670 g/mol. The lowest BCUT2D eigenvalue weighted by Crippen LogP contribution is -2.22. The van der Waals surface area contributed by atoms with Crippen LogP contribution in [0.4, 0.5) is 0 Å². The predicted octanol–water partition coefficient (Wildman–Crippen LogP) is 9.08. The second-order valence-corrected chi connectivity index (χ2v) is 12.1. The summed E-state index contributed by atoms with van der Waals surface area (Å²) in [5.41, 5.74) is 6.18. The van der Waals surface area contributed by atoms with E-state index in [2.05, 4.69) is 5.32 Å². The van der Waals surface area contributed by atoms with Gasteiger partial charge in [0.25, 0.3) is 0 Å². The number of carboxylic acids is 1. The second kappa shape index (κ2) is 22.6. The van der Waals surface area contributed by atoms with E-state index in [-0.39, 0.29) is 36.5 Å². The topological polar surface area (TPSA) is 156 Å². The van der Waals surface area contributed by atoms with Crippen LogP contribution in [-0.4, -0.2) is 28.8 Å². The van der Waals surface area contributed by atoms with Crippen LogP contribution in [0.2, 0.25) is 0 Å². The zero-order valence-corrected chi connectivity index (χ0v) is 28.3. The van der Waals surface area contributed by atoms with E-state index in [1.807, 2.05) is 12.1 Å². The standard InChI is InChI=1S/C37H51N3O6.ClH/c38-36(39)30-20-19-29-26-31(22-21-28(29)25-30)46-37(44)33-24-23-32(45-33)27-40-34(41)17-15-13-11-9-7-5-3-1-2-4-6-8-10-12-14-16-18-35(42)43;/h19-26H,1-18,27H2,(H3,38,39)(H,40,41)(H,42,43);1H. The first-order chi connectivity index (χ1) is 22.3. The van der Waals surface area contributed by atoms with E-state index in [0.29, 0.717) is 29.9 Å². The van der Waals surface area contributed by atoms with Crippen LogP contribution >= 0.6 is 12.4 Å². The minimum Gasteiger partial charge on any atom is -0.481 e. The highest BCUT2D eigenvalue weighted by molar-refractivity contribution is 5.99. The maximum Gasteiger partial charge on any atom is 0.379 e. The number of carbonyl (C=O) groups is 3. The Morgan fingerprint density at radius 1 is 0.702 bits per heavy atom. The Bertz CT molecular complexity index is 1410. The molecule has 0 fully saturated rings. The fourth-order valence-electron chi connectivity index (χ4n) is 5.51. The van der Waals surface area contributed by atoms with Gasteiger partial charge in [0, 0.05) is 18.4 Å². The number of furan rings is 1. The van der Waals surface area contributed by atoms with Crippen LogP contribution in [0.3, 0.4) is 0 Å². The Morgan fingerprint density at radius 3 is 1.77 bits per heavy atom. The summed E-state index contributed by atoms with van der Waals surface area (Å²) in [5, 5.41) is 20.8. The molecular formula is C37H52ClN3O6. The number of nitrogens with one attached hydrogen (secondary N) is 2. The maximum atomic E-state index is 12.6. The van der Waals surface area contributed by atoms with E-state index >= 15 is 0 Å². The van der Waals surface area contributed by atoms with E-state index in [1.54, 1.807) is 36.4 Å². The first-order valence-electron chi connectivity index (χ1n) is 17.0. The van der Waals surface area contributed by atoms with Crippen molar-refractivity contribution in [3.63, 3.8) is 0 Å². The van der Waals surface area contributed by atoms with Crippen LogP contribution in [0.1, 0.15) is 137 Å². The number of rotatable bonds is 24. The molecule has 3 aromatic rings. The number of ether oxygens (including phenoxy) is 1. The van der Waals surface area contributed by atoms with Crippen molar-refractivity contribution in [2.24, 2.45) is 5.73 Å². The number of fused-ring (bicyclic) bond motifs is 1. The molecule has 1 amide bonds. The summed E-state index contributed by atoms with van der Waals surface area (Å²) in [6.07, 6.45) is 19.6. The van der Waals surface area contributed by atoms with Crippen molar-refractivity contribution >= 4 is 46.9 Å². The van der Waals surface area contributed by atoms with Crippen molar-refractivity contribution in [3.05, 3.63) is 65.6 Å². The van der Waals surface area contributed by atoms with Gasteiger partial charge in [-0.25, -0.2) is 4.79 Å². The van der Waals surface area contributed by atoms with Crippen molar-refractivity contribution in [2.75, 3.05) is 0 Å². The minimum absolute atomic E-state index is 0. The van der Waals surface area contributed by atoms with Gasteiger partial charge in [-0.2, -0.15) is 0 Å². The Morgan fingerprint density at radius 2 is 1.21 bits per heavy atom. The van der Waals surface area contributed by atoms with Crippen molar-refractivity contribution in [2.45, 2.75) is 122 Å². The number of aliphatic carboxylic acids is 1. The van der Waals surface area contributed by atoms with Gasteiger partial charge in [-0.15, -0.1) is 12.4 Å². The zero-order chi connectivity index (χ0) is 33.0. The van der Waals surface area contributed by atoms with E-state index in [0.717, 1.165) is 49.3 Å². The highest BCUT2D eigenvalue weighted by atomic mass is 35.5. The number of nitrogen functional groups attached to an aromatic ring is 1. The van der Waals surface area contributed by atoms with Crippen LogP contribution in [-0.2, 0) is 16.1 Å². The van der Waals surface area contributed by atoms with Crippen LogP contribution in [0.5, 0.6) is 5.75 Å². The molecule has 0 aliphatic heterocycles. The summed E-state index contributed by atoms with van der Waals surface area (Å²) in [4.78, 5) is 35.3. The summed E-state index contributed by atoms with van der Waals surface area (Å²) in [6.45, 7) is 0.217. The quantitative estimate of drug-likeness (QED) is 0.0244. The van der Waals surface area contributed by atoms with Gasteiger partial charge >= 0.3 is 11.9 Å². The monoisotopic (exact) mass is 669 g/mol. The Hall–Kier alpha value is -3.85. The van der Waals surface area contributed by atoms with E-state index < -0.39 is 11.9 Å². The molecule has 0 radical (unpaired) electrons. The normalized spacial score (nSPS) is 10.8. The molecule has 0 spiro atoms. The van der Waals surface area contributed by atoms with Crippen LogP contribution in [0, 0.1) is 5.41 Å². The van der Waals surface area contributed by atoms with Gasteiger partial charge < -0.3 is 25.3 Å². The molecule has 0 bridgehead atoms. The molecule has 2 aromatic carbocycles. The first-order valence-corrected chi connectivity index (χ1v) is 17.0. The third-order valence-corrected chi connectivity index (χ3v) is 8.20. The third kappa shape index (κ3) is 16.0. The van der Waals surface area contributed by atoms with Gasteiger partial charge in [0.15, 0.2) is 0 Å². The molecule has 5 N–H and O–H groups in total. The number of hydrogen-bond donors (Lipinski definition) is 4. The SMILES string of the molecule is Cl.N=C(N)c1ccc2cc(OC(=O)c3ccc(CNC(=O)CCCCCCCCCCCCCCCCCCC(=O)O)o3)ccc2c1. The molecule has 258 valence electrons. The number of unbranched alkanes of at least 4 members (excludes halogenated alkanes) is 15. The van der Waals surface area contributed by atoms with Crippen LogP contribution in [0.15, 0.2) is 52.9 Å². The molecule has 0 aliphatic carbocycles. The lowest BCUT2D eigenvalue weighted by molar-refractivity contribution is -0.137. The average Bonchev–Trinajstić information content (AvgIpc) is 3.52. The minimum atomic E-state index is -0.686. The summed E-state index contributed by atoms with van der Waals surface area (Å²) < 4.78 is 11.1. The van der Waals surface area contributed by atoms with Gasteiger partial charge in [-0.05, 0) is 53.9 Å². The fraction of sp³-hybridized carbons (Fsp3) is 0.514. The summed E-state index contributed by atoms with van der Waals surface area (Å²) >= 11 is 0. The van der Waals surface area contributed by atoms with Gasteiger partial charge in [-0.3, -0.25) is 15.0 Å². The number of carbonyl (C=O) groups excluding carboxylic acids is 2. The van der Waals surface area contributed by atoms with Gasteiger partial charge in [0.05, 0.1) is 6.54 Å². The molecule has 0 saturated heterocycles. The van der Waals surface area contributed by atoms with Gasteiger partial charge in [0.1, 0.15) is 17.3 Å². The number of esters is 1. The lowest BCUT2D eigenvalue weighted by Gasteiger charge is -2.06. The van der Waals surface area contributed by atoms with Gasteiger partial charge in [-0.1, -0.05) is 108 Å². The highest BCUT2D eigenvalue weighted by Crippen LogP contribution is 2.23. The number of hydrogen-bond acceptors (Lipinski definition) is 6.